The van der Waals surface area contributed by atoms with Gasteiger partial charge in [-0.1, -0.05) is 12.1 Å². The lowest BCUT2D eigenvalue weighted by Gasteiger charge is -2.70. The Hall–Kier alpha value is -6.15. The van der Waals surface area contributed by atoms with E-state index in [1.807, 2.05) is 41.7 Å². The second-order valence-electron chi connectivity index (χ2n) is 16.9. The number of benzene rings is 2. The van der Waals surface area contributed by atoms with Gasteiger partial charge in [-0.3, -0.25) is 39.2 Å². The largest absolute Gasteiger partial charge is 0.494 e. The van der Waals surface area contributed by atoms with E-state index in [0.717, 1.165) is 71.0 Å². The Balaban J connectivity index is 0.609. The fourth-order valence-electron chi connectivity index (χ4n) is 9.92. The monoisotopic (exact) mass is 796 g/mol. The van der Waals surface area contributed by atoms with Crippen LogP contribution in [0.3, 0.4) is 0 Å². The first-order valence-corrected chi connectivity index (χ1v) is 20.4. The highest BCUT2D eigenvalue weighted by Gasteiger charge is 2.72. The lowest BCUT2D eigenvalue weighted by atomic mass is 9.35. The molecule has 11 rings (SSSR count). The highest BCUT2D eigenvalue weighted by molar-refractivity contribution is 6.23. The minimum Gasteiger partial charge on any atom is -0.494 e. The predicted molar refractivity (Wildman–Crippen MR) is 214 cm³/mol. The molecule has 1 atom stereocenters. The van der Waals surface area contributed by atoms with Gasteiger partial charge in [-0.2, -0.15) is 0 Å². The molecule has 2 saturated heterocycles. The number of imide groups is 2. The number of pyridine rings is 2. The van der Waals surface area contributed by atoms with E-state index < -0.39 is 29.7 Å². The predicted octanol–water partition coefficient (Wildman–Crippen LogP) is 5.22. The average molecular weight is 797 g/mol. The smallest absolute Gasteiger partial charge is 0.262 e. The van der Waals surface area contributed by atoms with Crippen molar-refractivity contribution in [2.45, 2.75) is 63.5 Å². The molecule has 302 valence electrons. The second kappa shape index (κ2) is 14.3. The number of carbonyl (C=O) groups excluding carboxylic acids is 5. The van der Waals surface area contributed by atoms with Crippen molar-refractivity contribution >= 4 is 51.3 Å². The third-order valence-corrected chi connectivity index (χ3v) is 12.9. The van der Waals surface area contributed by atoms with Crippen molar-refractivity contribution < 1.29 is 38.2 Å². The van der Waals surface area contributed by atoms with Gasteiger partial charge in [0.2, 0.25) is 23.6 Å². The summed E-state index contributed by atoms with van der Waals surface area (Å²) in [6.07, 6.45) is 10.9. The second-order valence-corrected chi connectivity index (χ2v) is 16.9. The van der Waals surface area contributed by atoms with Gasteiger partial charge in [0, 0.05) is 66.6 Å². The van der Waals surface area contributed by atoms with Crippen molar-refractivity contribution in [2.75, 3.05) is 32.9 Å². The zero-order valence-corrected chi connectivity index (χ0v) is 32.8. The van der Waals surface area contributed by atoms with E-state index >= 15 is 0 Å². The van der Waals surface area contributed by atoms with E-state index in [9.17, 15) is 24.0 Å². The van der Waals surface area contributed by atoms with Crippen LogP contribution in [0.4, 0.5) is 0 Å². The first-order chi connectivity index (χ1) is 28.6. The molecule has 6 aliphatic rings. The Bertz CT molecular complexity index is 2540. The number of aryl methyl sites for hydroxylation is 1. The zero-order valence-electron chi connectivity index (χ0n) is 32.8. The summed E-state index contributed by atoms with van der Waals surface area (Å²) in [5.41, 5.74) is 4.71. The molecule has 3 aliphatic carbocycles. The number of rotatable bonds is 14. The Morgan fingerprint density at radius 1 is 0.847 bits per heavy atom. The van der Waals surface area contributed by atoms with Crippen LogP contribution >= 0.6 is 0 Å². The summed E-state index contributed by atoms with van der Waals surface area (Å²) < 4.78 is 20.3. The molecule has 59 heavy (non-hydrogen) atoms. The molecule has 14 heteroatoms. The van der Waals surface area contributed by atoms with Crippen molar-refractivity contribution in [3.8, 4) is 22.8 Å². The van der Waals surface area contributed by atoms with E-state index in [2.05, 4.69) is 45.1 Å². The number of ether oxygens (including phenoxy) is 3. The van der Waals surface area contributed by atoms with E-state index in [1.54, 1.807) is 18.2 Å². The van der Waals surface area contributed by atoms with E-state index in [4.69, 9.17) is 14.2 Å². The average Bonchev–Trinajstić information content (AvgIpc) is 3.62. The van der Waals surface area contributed by atoms with Crippen LogP contribution in [0.1, 0.15) is 72.1 Å². The normalized spacial score (nSPS) is 23.5. The number of piperidine rings is 1. The minimum atomic E-state index is -0.997. The maximum Gasteiger partial charge on any atom is 0.262 e. The Labute approximate surface area is 339 Å². The molecule has 3 aromatic heterocycles. The summed E-state index contributed by atoms with van der Waals surface area (Å²) in [5.74, 6) is -0.848. The van der Waals surface area contributed by atoms with Crippen LogP contribution in [-0.4, -0.2) is 98.9 Å². The summed E-state index contributed by atoms with van der Waals surface area (Å²) in [4.78, 5) is 74.9. The Morgan fingerprint density at radius 3 is 2.44 bits per heavy atom. The fraction of sp³-hybridized carbons (Fsp3) is 0.400. The standard InChI is InChI=1S/C45H44N6O8/c1-49-35-13-14-46-20-34(35)31-8-5-27(17-37(31)49)28-6-12-39(47-19-28)59-30-21-50(22-30)43(56)45-23-44(24-45,25-45)26-57-15-3-2-4-16-58-29-7-9-32-33(18-29)42(55)51(41(32)54)36-10-11-38(52)48-40(36)53/h5-9,12-14,17-20,30,36H,2-4,10-11,15-16,21-26H2,1H3,(H,48,52,53). The van der Waals surface area contributed by atoms with Gasteiger partial charge < -0.3 is 23.7 Å². The molecule has 3 aliphatic heterocycles. The first kappa shape index (κ1) is 37.1. The lowest BCUT2D eigenvalue weighted by Crippen LogP contribution is -2.72. The summed E-state index contributed by atoms with van der Waals surface area (Å²) in [7, 11) is 2.07. The number of unbranched alkanes of at least 4 members (excludes halogenated alkanes) is 2. The van der Waals surface area contributed by atoms with E-state index in [-0.39, 0.29) is 46.8 Å². The fourth-order valence-corrected chi connectivity index (χ4v) is 9.92. The number of nitrogens with one attached hydrogen (secondary N) is 1. The van der Waals surface area contributed by atoms with Gasteiger partial charge in [-0.25, -0.2) is 4.98 Å². The zero-order chi connectivity index (χ0) is 40.5. The molecular formula is C45H44N6O8. The van der Waals surface area contributed by atoms with Gasteiger partial charge in [0.1, 0.15) is 17.9 Å². The molecule has 1 N–H and O–H groups in total. The Morgan fingerprint density at radius 2 is 1.64 bits per heavy atom. The topological polar surface area (TPSA) is 162 Å². The van der Waals surface area contributed by atoms with Crippen LogP contribution < -0.4 is 14.8 Å². The molecule has 1 unspecified atom stereocenters. The number of nitrogens with zero attached hydrogens (tertiary/aromatic N) is 5. The van der Waals surface area contributed by atoms with E-state index in [1.165, 1.54) is 5.39 Å². The van der Waals surface area contributed by atoms with Crippen molar-refractivity contribution in [3.05, 3.63) is 84.3 Å². The van der Waals surface area contributed by atoms with Gasteiger partial charge in [0.25, 0.3) is 11.8 Å². The Kier molecular flexibility index (Phi) is 9.00. The van der Waals surface area contributed by atoms with Crippen LogP contribution in [0.15, 0.2) is 73.2 Å². The van der Waals surface area contributed by atoms with Crippen molar-refractivity contribution in [3.63, 3.8) is 0 Å². The summed E-state index contributed by atoms with van der Waals surface area (Å²) >= 11 is 0. The van der Waals surface area contributed by atoms with Crippen LogP contribution in [0.2, 0.25) is 0 Å². The molecule has 0 spiro atoms. The lowest BCUT2D eigenvalue weighted by molar-refractivity contribution is -0.238. The molecule has 5 amide bonds. The third-order valence-electron chi connectivity index (χ3n) is 12.9. The van der Waals surface area contributed by atoms with Crippen LogP contribution in [-0.2, 0) is 26.2 Å². The molecule has 5 aromatic rings. The maximum absolute atomic E-state index is 13.4. The molecule has 6 heterocycles. The van der Waals surface area contributed by atoms with Crippen molar-refractivity contribution in [1.82, 2.24) is 29.7 Å². The molecule has 5 fully saturated rings. The van der Waals surface area contributed by atoms with Crippen molar-refractivity contribution in [2.24, 2.45) is 17.9 Å². The highest BCUT2D eigenvalue weighted by Crippen LogP contribution is 2.74. The molecule has 2 bridgehead atoms. The van der Waals surface area contributed by atoms with Gasteiger partial charge >= 0.3 is 0 Å². The number of fused-ring (bicyclic) bond motifs is 4. The summed E-state index contributed by atoms with van der Waals surface area (Å²) in [5, 5.41) is 4.52. The van der Waals surface area contributed by atoms with Gasteiger partial charge in [0.15, 0.2) is 0 Å². The molecule has 0 radical (unpaired) electrons. The van der Waals surface area contributed by atoms with Gasteiger partial charge in [-0.15, -0.1) is 0 Å². The van der Waals surface area contributed by atoms with Crippen molar-refractivity contribution in [1.29, 1.82) is 0 Å². The number of carbonyl (C=O) groups is 5. The van der Waals surface area contributed by atoms with Crippen LogP contribution in [0, 0.1) is 10.8 Å². The SMILES string of the molecule is Cn1c2ccncc2c2ccc(-c3ccc(OC4CN(C(=O)C56CC(COCCCCCOc7ccc8c(c7)C(=O)N(C7CCC(=O)NC7=O)C8=O)(C5)C6)C4)nc3)cc21. The summed E-state index contributed by atoms with van der Waals surface area (Å²) in [6.45, 7) is 2.93. The van der Waals surface area contributed by atoms with E-state index in [0.29, 0.717) is 44.5 Å². The number of hydrogen-bond donors (Lipinski definition) is 1. The molecular weight excluding hydrogens is 753 g/mol. The van der Waals surface area contributed by atoms with Crippen LogP contribution in [0.5, 0.6) is 11.6 Å². The number of aromatic nitrogens is 3. The number of amides is 5. The minimum absolute atomic E-state index is 0.0609. The third kappa shape index (κ3) is 6.40. The van der Waals surface area contributed by atoms with Crippen LogP contribution in [0.25, 0.3) is 32.9 Å². The number of likely N-dealkylation sites (tertiary alicyclic amines) is 1. The molecule has 2 aromatic carbocycles. The summed E-state index contributed by atoms with van der Waals surface area (Å²) in [6, 6.07) is 16.2. The van der Waals surface area contributed by atoms with Gasteiger partial charge in [0.05, 0.1) is 48.4 Å². The first-order valence-electron chi connectivity index (χ1n) is 20.4. The maximum atomic E-state index is 13.4. The molecule has 3 saturated carbocycles. The van der Waals surface area contributed by atoms with Gasteiger partial charge in [-0.05, 0) is 92.3 Å². The number of hydrogen-bond acceptors (Lipinski definition) is 10. The quantitative estimate of drug-likeness (QED) is 0.117. The molecule has 14 nitrogen and oxygen atoms in total. The highest BCUT2D eigenvalue weighted by atomic mass is 16.5.